The predicted octanol–water partition coefficient (Wildman–Crippen LogP) is 3.42. The van der Waals surface area contributed by atoms with Crippen LogP contribution in [0.5, 0.6) is 6.01 Å². The molecule has 0 radical (unpaired) electrons. The fourth-order valence-electron chi connectivity index (χ4n) is 1.46. The van der Waals surface area contributed by atoms with Crippen LogP contribution in [0, 0.1) is 0 Å². The summed E-state index contributed by atoms with van der Waals surface area (Å²) in [5.74, 6) is 0.273. The minimum absolute atomic E-state index is 0.273. The van der Waals surface area contributed by atoms with E-state index in [4.69, 9.17) is 16.3 Å². The van der Waals surface area contributed by atoms with Gasteiger partial charge in [-0.1, -0.05) is 41.4 Å². The molecule has 1 aromatic heterocycles. The number of alkyl halides is 1. The second kappa shape index (κ2) is 5.66. The Morgan fingerprint density at radius 2 is 2.27 bits per heavy atom. The number of hydrogen-bond acceptors (Lipinski definition) is 3. The van der Waals surface area contributed by atoms with Gasteiger partial charge in [0, 0.05) is 10.7 Å². The fraction of sp³-hybridized carbons (Fsp3) is 0.600. The summed E-state index contributed by atoms with van der Waals surface area (Å²) in [4.78, 5) is 8.56. The molecule has 0 aliphatic rings. The minimum Gasteiger partial charge on any atom is -0.467 e. The molecule has 5 heteroatoms. The van der Waals surface area contributed by atoms with Gasteiger partial charge in [-0.15, -0.1) is 0 Å². The molecule has 1 rings (SSSR count). The van der Waals surface area contributed by atoms with Crippen LogP contribution >= 0.6 is 27.5 Å². The highest BCUT2D eigenvalue weighted by molar-refractivity contribution is 9.09. The van der Waals surface area contributed by atoms with Crippen molar-refractivity contribution in [3.63, 3.8) is 0 Å². The molecule has 0 aromatic carbocycles. The van der Waals surface area contributed by atoms with E-state index < -0.39 is 0 Å². The van der Waals surface area contributed by atoms with Gasteiger partial charge in [-0.2, -0.15) is 4.98 Å². The summed E-state index contributed by atoms with van der Waals surface area (Å²) in [6.45, 7) is 4.19. The van der Waals surface area contributed by atoms with Crippen molar-refractivity contribution in [1.82, 2.24) is 9.97 Å². The smallest absolute Gasteiger partial charge is 0.316 e. The number of nitrogens with zero attached hydrogens (tertiary/aromatic N) is 2. The van der Waals surface area contributed by atoms with Gasteiger partial charge in [0.25, 0.3) is 0 Å². The Bertz CT molecular complexity index is 333. The molecule has 0 bridgehead atoms. The molecule has 0 aliphatic carbocycles. The van der Waals surface area contributed by atoms with Crippen LogP contribution in [0.2, 0.25) is 5.02 Å². The van der Waals surface area contributed by atoms with E-state index in [1.165, 1.54) is 0 Å². The second-order valence-corrected chi connectivity index (χ2v) is 5.13. The van der Waals surface area contributed by atoms with Crippen molar-refractivity contribution in [3.05, 3.63) is 16.9 Å². The Morgan fingerprint density at radius 1 is 1.60 bits per heavy atom. The molecule has 15 heavy (non-hydrogen) atoms. The monoisotopic (exact) mass is 292 g/mol. The van der Waals surface area contributed by atoms with E-state index in [2.05, 4.69) is 39.7 Å². The first kappa shape index (κ1) is 12.7. The Labute approximate surface area is 103 Å². The number of methoxy groups -OCH3 is 1. The average molecular weight is 294 g/mol. The normalized spacial score (nSPS) is 14.7. The summed E-state index contributed by atoms with van der Waals surface area (Å²) < 4.78 is 4.99. The molecule has 1 heterocycles. The van der Waals surface area contributed by atoms with E-state index in [9.17, 15) is 0 Å². The van der Waals surface area contributed by atoms with Crippen LogP contribution in [-0.2, 0) is 0 Å². The second-order valence-electron chi connectivity index (χ2n) is 3.28. The van der Waals surface area contributed by atoms with Crippen molar-refractivity contribution in [1.29, 1.82) is 0 Å². The van der Waals surface area contributed by atoms with E-state index in [0.717, 1.165) is 12.1 Å². The summed E-state index contributed by atoms with van der Waals surface area (Å²) in [6, 6.07) is 0.362. The maximum atomic E-state index is 6.07. The van der Waals surface area contributed by atoms with Gasteiger partial charge in [0.1, 0.15) is 0 Å². The van der Waals surface area contributed by atoms with Crippen molar-refractivity contribution in [2.45, 2.75) is 31.0 Å². The number of ether oxygens (including phenoxy) is 1. The zero-order chi connectivity index (χ0) is 11.4. The molecule has 2 atom stereocenters. The zero-order valence-electron chi connectivity index (χ0n) is 9.00. The van der Waals surface area contributed by atoms with Crippen LogP contribution in [0.4, 0.5) is 0 Å². The minimum atomic E-state index is 0.273. The van der Waals surface area contributed by atoms with Crippen LogP contribution in [0.15, 0.2) is 6.20 Å². The first-order chi connectivity index (χ1) is 7.10. The average Bonchev–Trinajstić information content (AvgIpc) is 2.21. The third-order valence-electron chi connectivity index (χ3n) is 2.28. The summed E-state index contributed by atoms with van der Waals surface area (Å²) >= 11 is 9.63. The van der Waals surface area contributed by atoms with Crippen molar-refractivity contribution in [2.75, 3.05) is 7.11 Å². The highest BCUT2D eigenvalue weighted by atomic mass is 79.9. The lowest BCUT2D eigenvalue weighted by Gasteiger charge is -2.18. The summed E-state index contributed by atoms with van der Waals surface area (Å²) in [5.41, 5.74) is 0.843. The van der Waals surface area contributed by atoms with Gasteiger partial charge in [-0.05, 0) is 6.42 Å². The lowest BCUT2D eigenvalue weighted by Crippen LogP contribution is -2.11. The maximum Gasteiger partial charge on any atom is 0.316 e. The summed E-state index contributed by atoms with van der Waals surface area (Å²) in [7, 11) is 1.55. The fourth-order valence-corrected chi connectivity index (χ4v) is 2.31. The van der Waals surface area contributed by atoms with Crippen molar-refractivity contribution in [2.24, 2.45) is 0 Å². The van der Waals surface area contributed by atoms with E-state index >= 15 is 0 Å². The number of halogens is 2. The van der Waals surface area contributed by atoms with E-state index in [1.807, 2.05) is 0 Å². The molecule has 1 aromatic rings. The standard InChI is InChI=1S/C10H14BrClN2O/c1-4-7(6(2)11)9-8(12)5-13-10(14-9)15-3/h5-7H,4H2,1-3H3. The number of hydrogen-bond donors (Lipinski definition) is 0. The maximum absolute atomic E-state index is 6.07. The van der Waals surface area contributed by atoms with Crippen molar-refractivity contribution < 1.29 is 4.74 Å². The van der Waals surface area contributed by atoms with Crippen LogP contribution in [0.1, 0.15) is 31.9 Å². The molecule has 0 fully saturated rings. The molecule has 0 N–H and O–H groups in total. The largest absolute Gasteiger partial charge is 0.467 e. The van der Waals surface area contributed by atoms with Gasteiger partial charge in [-0.3, -0.25) is 0 Å². The first-order valence-electron chi connectivity index (χ1n) is 4.80. The molecule has 84 valence electrons. The number of rotatable bonds is 4. The quantitative estimate of drug-likeness (QED) is 0.798. The highest BCUT2D eigenvalue weighted by Gasteiger charge is 2.20. The van der Waals surface area contributed by atoms with Gasteiger partial charge >= 0.3 is 6.01 Å². The van der Waals surface area contributed by atoms with Gasteiger partial charge < -0.3 is 4.74 Å². The van der Waals surface area contributed by atoms with Crippen LogP contribution in [0.3, 0.4) is 0 Å². The zero-order valence-corrected chi connectivity index (χ0v) is 11.3. The van der Waals surface area contributed by atoms with Crippen LogP contribution < -0.4 is 4.74 Å². The van der Waals surface area contributed by atoms with Crippen molar-refractivity contribution in [3.8, 4) is 6.01 Å². The molecule has 0 saturated heterocycles. The van der Waals surface area contributed by atoms with Gasteiger partial charge in [0.15, 0.2) is 0 Å². The van der Waals surface area contributed by atoms with Crippen molar-refractivity contribution >= 4 is 27.5 Å². The summed E-state index contributed by atoms with van der Waals surface area (Å²) in [6.07, 6.45) is 2.55. The Morgan fingerprint density at radius 3 is 2.73 bits per heavy atom. The topological polar surface area (TPSA) is 35.0 Å². The number of aromatic nitrogens is 2. The lowest BCUT2D eigenvalue weighted by atomic mass is 9.99. The van der Waals surface area contributed by atoms with Crippen LogP contribution in [-0.4, -0.2) is 21.9 Å². The van der Waals surface area contributed by atoms with Gasteiger partial charge in [0.05, 0.1) is 24.0 Å². The van der Waals surface area contributed by atoms with E-state index in [0.29, 0.717) is 15.9 Å². The van der Waals surface area contributed by atoms with E-state index in [-0.39, 0.29) is 5.92 Å². The lowest BCUT2D eigenvalue weighted by molar-refractivity contribution is 0.376. The molecular formula is C10H14BrClN2O. The Hall–Kier alpha value is -0.350. The molecule has 2 unspecified atom stereocenters. The highest BCUT2D eigenvalue weighted by Crippen LogP contribution is 2.31. The molecule has 0 saturated carbocycles. The van der Waals surface area contributed by atoms with Crippen LogP contribution in [0.25, 0.3) is 0 Å². The van der Waals surface area contributed by atoms with E-state index in [1.54, 1.807) is 13.3 Å². The molecule has 0 spiro atoms. The molecule has 0 amide bonds. The molecule has 3 nitrogen and oxygen atoms in total. The summed E-state index contributed by atoms with van der Waals surface area (Å²) in [5, 5.41) is 0.592. The predicted molar refractivity (Wildman–Crippen MR) is 65.0 cm³/mol. The Kier molecular flexibility index (Phi) is 4.80. The molecular weight excluding hydrogens is 279 g/mol. The molecule has 0 aliphatic heterocycles. The van der Waals surface area contributed by atoms with Gasteiger partial charge in [0.2, 0.25) is 0 Å². The Balaban J connectivity index is 3.09. The SMILES string of the molecule is CCC(c1nc(OC)ncc1Cl)C(C)Br. The third kappa shape index (κ3) is 3.05. The first-order valence-corrected chi connectivity index (χ1v) is 6.10. The van der Waals surface area contributed by atoms with Gasteiger partial charge in [-0.25, -0.2) is 4.98 Å². The third-order valence-corrected chi connectivity index (χ3v) is 3.21.